The van der Waals surface area contributed by atoms with Crippen molar-refractivity contribution >= 4 is 0 Å². The van der Waals surface area contributed by atoms with E-state index in [4.69, 9.17) is 4.74 Å². The van der Waals surface area contributed by atoms with Crippen LogP contribution in [-0.4, -0.2) is 25.8 Å². The molecule has 0 heterocycles. The normalized spacial score (nSPS) is 27.2. The monoisotopic (exact) mass is 213 g/mol. The summed E-state index contributed by atoms with van der Waals surface area (Å²) >= 11 is 0. The third kappa shape index (κ3) is 4.98. The van der Waals surface area contributed by atoms with Gasteiger partial charge in [0.1, 0.15) is 0 Å². The highest BCUT2D eigenvalue weighted by Gasteiger charge is 2.23. The van der Waals surface area contributed by atoms with Gasteiger partial charge in [-0.15, -0.1) is 0 Å². The van der Waals surface area contributed by atoms with Crippen LogP contribution in [0.5, 0.6) is 0 Å². The summed E-state index contributed by atoms with van der Waals surface area (Å²) in [5.74, 6) is 1.78. The molecule has 2 nitrogen and oxygen atoms in total. The third-order valence-electron chi connectivity index (χ3n) is 3.54. The summed E-state index contributed by atoms with van der Waals surface area (Å²) in [5, 5.41) is 3.62. The summed E-state index contributed by atoms with van der Waals surface area (Å²) in [7, 11) is 0. The third-order valence-corrected chi connectivity index (χ3v) is 3.54. The molecule has 0 aromatic rings. The molecule has 0 spiro atoms. The van der Waals surface area contributed by atoms with E-state index in [1.165, 1.54) is 25.7 Å². The molecule has 1 saturated carbocycles. The Bertz CT molecular complexity index is 159. The minimum atomic E-state index is 0.742. The van der Waals surface area contributed by atoms with Crippen molar-refractivity contribution in [2.45, 2.75) is 52.5 Å². The van der Waals surface area contributed by atoms with Crippen LogP contribution in [0.15, 0.2) is 0 Å². The maximum Gasteiger partial charge on any atom is 0.0590 e. The van der Waals surface area contributed by atoms with E-state index in [-0.39, 0.29) is 0 Å². The van der Waals surface area contributed by atoms with Gasteiger partial charge in [-0.05, 0) is 31.6 Å². The molecule has 0 bridgehead atoms. The molecule has 2 heteroatoms. The number of rotatable bonds is 6. The van der Waals surface area contributed by atoms with Crippen LogP contribution in [0.2, 0.25) is 0 Å². The van der Waals surface area contributed by atoms with Crippen LogP contribution in [0.3, 0.4) is 0 Å². The summed E-state index contributed by atoms with van der Waals surface area (Å²) in [4.78, 5) is 0. The lowest BCUT2D eigenvalue weighted by atomic mass is 9.79. The van der Waals surface area contributed by atoms with Crippen molar-refractivity contribution in [3.05, 3.63) is 0 Å². The van der Waals surface area contributed by atoms with Crippen LogP contribution >= 0.6 is 0 Å². The molecule has 0 aromatic heterocycles. The first kappa shape index (κ1) is 13.0. The van der Waals surface area contributed by atoms with E-state index in [0.717, 1.165) is 37.6 Å². The van der Waals surface area contributed by atoms with Gasteiger partial charge in [-0.25, -0.2) is 0 Å². The standard InChI is InChI=1S/C13H27NO/c1-4-15-9-8-14-13-7-5-6-12(10-13)11(2)3/h11-14H,4-10H2,1-3H3. The van der Waals surface area contributed by atoms with Crippen LogP contribution in [0.4, 0.5) is 0 Å². The Kier molecular flexibility index (Phi) is 6.26. The van der Waals surface area contributed by atoms with E-state index < -0.39 is 0 Å². The Morgan fingerprint density at radius 1 is 1.33 bits per heavy atom. The van der Waals surface area contributed by atoms with E-state index in [1.54, 1.807) is 0 Å². The van der Waals surface area contributed by atoms with Crippen molar-refractivity contribution in [3.63, 3.8) is 0 Å². The Balaban J connectivity index is 2.13. The number of hydrogen-bond acceptors (Lipinski definition) is 2. The average molecular weight is 213 g/mol. The van der Waals surface area contributed by atoms with Gasteiger partial charge in [-0.3, -0.25) is 0 Å². The average Bonchev–Trinajstić information content (AvgIpc) is 2.25. The van der Waals surface area contributed by atoms with Gasteiger partial charge >= 0.3 is 0 Å². The molecule has 0 radical (unpaired) electrons. The van der Waals surface area contributed by atoms with Gasteiger partial charge in [0.15, 0.2) is 0 Å². The van der Waals surface area contributed by atoms with E-state index >= 15 is 0 Å². The number of nitrogens with one attached hydrogen (secondary N) is 1. The van der Waals surface area contributed by atoms with Gasteiger partial charge < -0.3 is 10.1 Å². The molecule has 90 valence electrons. The molecule has 2 unspecified atom stereocenters. The van der Waals surface area contributed by atoms with Gasteiger partial charge in [0.2, 0.25) is 0 Å². The second kappa shape index (κ2) is 7.24. The Morgan fingerprint density at radius 3 is 2.80 bits per heavy atom. The highest BCUT2D eigenvalue weighted by molar-refractivity contribution is 4.79. The fourth-order valence-electron chi connectivity index (χ4n) is 2.50. The van der Waals surface area contributed by atoms with Crippen molar-refractivity contribution in [2.75, 3.05) is 19.8 Å². The molecule has 0 saturated heterocycles. The maximum atomic E-state index is 5.34. The fourth-order valence-corrected chi connectivity index (χ4v) is 2.50. The Morgan fingerprint density at radius 2 is 2.13 bits per heavy atom. The van der Waals surface area contributed by atoms with Crippen LogP contribution in [0, 0.1) is 11.8 Å². The van der Waals surface area contributed by atoms with E-state index in [1.807, 2.05) is 0 Å². The quantitative estimate of drug-likeness (QED) is 0.685. The highest BCUT2D eigenvalue weighted by atomic mass is 16.5. The first-order chi connectivity index (χ1) is 7.24. The van der Waals surface area contributed by atoms with Gasteiger partial charge in [0.25, 0.3) is 0 Å². The van der Waals surface area contributed by atoms with Crippen molar-refractivity contribution in [1.29, 1.82) is 0 Å². The summed E-state index contributed by atoms with van der Waals surface area (Å²) in [5.41, 5.74) is 0. The van der Waals surface area contributed by atoms with Crippen LogP contribution in [0.25, 0.3) is 0 Å². The minimum Gasteiger partial charge on any atom is -0.380 e. The second-order valence-corrected chi connectivity index (χ2v) is 5.02. The molecule has 15 heavy (non-hydrogen) atoms. The molecule has 0 aromatic carbocycles. The number of ether oxygens (including phenoxy) is 1. The van der Waals surface area contributed by atoms with Crippen LogP contribution in [0.1, 0.15) is 46.5 Å². The predicted molar refractivity (Wildman–Crippen MR) is 65.1 cm³/mol. The first-order valence-corrected chi connectivity index (χ1v) is 6.55. The lowest BCUT2D eigenvalue weighted by Crippen LogP contribution is -2.37. The molecular weight excluding hydrogens is 186 g/mol. The summed E-state index contributed by atoms with van der Waals surface area (Å²) in [6.07, 6.45) is 5.55. The topological polar surface area (TPSA) is 21.3 Å². The molecule has 1 N–H and O–H groups in total. The van der Waals surface area contributed by atoms with Crippen molar-refractivity contribution < 1.29 is 4.74 Å². The maximum absolute atomic E-state index is 5.34. The zero-order chi connectivity index (χ0) is 11.1. The summed E-state index contributed by atoms with van der Waals surface area (Å²) in [6.45, 7) is 9.47. The molecule has 1 rings (SSSR count). The van der Waals surface area contributed by atoms with Crippen LogP contribution < -0.4 is 5.32 Å². The van der Waals surface area contributed by atoms with Gasteiger partial charge in [0.05, 0.1) is 6.61 Å². The molecule has 1 aliphatic rings. The Hall–Kier alpha value is -0.0800. The predicted octanol–water partition coefficient (Wildman–Crippen LogP) is 2.83. The SMILES string of the molecule is CCOCCNC1CCCC(C(C)C)C1. The Labute approximate surface area is 94.8 Å². The lowest BCUT2D eigenvalue weighted by Gasteiger charge is -2.32. The number of hydrogen-bond donors (Lipinski definition) is 1. The molecule has 1 fully saturated rings. The van der Waals surface area contributed by atoms with Gasteiger partial charge in [0, 0.05) is 19.2 Å². The minimum absolute atomic E-state index is 0.742. The zero-order valence-corrected chi connectivity index (χ0v) is 10.6. The molecule has 1 aliphatic carbocycles. The van der Waals surface area contributed by atoms with Gasteiger partial charge in [-0.1, -0.05) is 26.7 Å². The van der Waals surface area contributed by atoms with Crippen molar-refractivity contribution in [3.8, 4) is 0 Å². The van der Waals surface area contributed by atoms with E-state index in [0.29, 0.717) is 0 Å². The fraction of sp³-hybridized carbons (Fsp3) is 1.00. The second-order valence-electron chi connectivity index (χ2n) is 5.02. The largest absolute Gasteiger partial charge is 0.380 e. The van der Waals surface area contributed by atoms with E-state index in [2.05, 4.69) is 26.1 Å². The molecule has 0 aliphatic heterocycles. The van der Waals surface area contributed by atoms with E-state index in [9.17, 15) is 0 Å². The first-order valence-electron chi connectivity index (χ1n) is 6.55. The molecular formula is C13H27NO. The van der Waals surface area contributed by atoms with Crippen LogP contribution in [-0.2, 0) is 4.74 Å². The van der Waals surface area contributed by atoms with Crippen molar-refractivity contribution in [2.24, 2.45) is 11.8 Å². The van der Waals surface area contributed by atoms with Gasteiger partial charge in [-0.2, -0.15) is 0 Å². The summed E-state index contributed by atoms with van der Waals surface area (Å²) < 4.78 is 5.34. The molecule has 0 amide bonds. The summed E-state index contributed by atoms with van der Waals surface area (Å²) in [6, 6.07) is 0.742. The van der Waals surface area contributed by atoms with Crippen molar-refractivity contribution in [1.82, 2.24) is 5.32 Å². The molecule has 2 atom stereocenters. The zero-order valence-electron chi connectivity index (χ0n) is 10.6. The smallest absolute Gasteiger partial charge is 0.0590 e. The lowest BCUT2D eigenvalue weighted by molar-refractivity contribution is 0.140. The highest BCUT2D eigenvalue weighted by Crippen LogP contribution is 2.29.